The van der Waals surface area contributed by atoms with Crippen LogP contribution in [0.15, 0.2) is 49.6 Å². The third kappa shape index (κ3) is 4.17. The van der Waals surface area contributed by atoms with Gasteiger partial charge in [0.25, 0.3) is 0 Å². The van der Waals surface area contributed by atoms with Crippen LogP contribution in [0.3, 0.4) is 0 Å². The summed E-state index contributed by atoms with van der Waals surface area (Å²) in [5.41, 5.74) is 1.71. The number of hydrogen-bond donors (Lipinski definition) is 0. The molecule has 0 aromatic heterocycles. The average molecular weight is 382 g/mol. The van der Waals surface area contributed by atoms with Crippen molar-refractivity contribution in [3.63, 3.8) is 0 Å². The standard InChI is InChI=1S/C22H22O6/c1-3-13-25-21(23)27-19-15-9-5-7-11-17(15)20(28-22(24)26-14-4-2)18-12-8-6-10-16(18)19/h3-5,7,9,11H,1-2,6,8,10,12-14H2. The molecule has 28 heavy (non-hydrogen) atoms. The minimum Gasteiger partial charge on any atom is -0.430 e. The summed E-state index contributed by atoms with van der Waals surface area (Å²) < 4.78 is 21.1. The molecule has 0 heterocycles. The van der Waals surface area contributed by atoms with Crippen molar-refractivity contribution in [2.24, 2.45) is 0 Å². The van der Waals surface area contributed by atoms with Gasteiger partial charge < -0.3 is 18.9 Å². The lowest BCUT2D eigenvalue weighted by atomic mass is 9.87. The molecule has 2 aromatic rings. The molecule has 1 aliphatic rings. The van der Waals surface area contributed by atoms with Crippen LogP contribution < -0.4 is 9.47 Å². The second-order valence-corrected chi connectivity index (χ2v) is 6.27. The first kappa shape index (κ1) is 19.5. The van der Waals surface area contributed by atoms with Gasteiger partial charge in [-0.25, -0.2) is 9.59 Å². The molecule has 0 fully saturated rings. The molecule has 0 spiro atoms. The molecule has 0 atom stereocenters. The first-order valence-corrected chi connectivity index (χ1v) is 9.13. The Morgan fingerprint density at radius 3 is 1.64 bits per heavy atom. The Morgan fingerprint density at radius 1 is 0.821 bits per heavy atom. The minimum atomic E-state index is -0.795. The van der Waals surface area contributed by atoms with Crippen molar-refractivity contribution in [2.45, 2.75) is 25.7 Å². The molecule has 6 nitrogen and oxygen atoms in total. The number of carbonyl (C=O) groups is 2. The molecule has 0 amide bonds. The van der Waals surface area contributed by atoms with Crippen LogP contribution in [0.1, 0.15) is 24.0 Å². The normalized spacial score (nSPS) is 12.6. The smallest absolute Gasteiger partial charge is 0.430 e. The second-order valence-electron chi connectivity index (χ2n) is 6.27. The summed E-state index contributed by atoms with van der Waals surface area (Å²) >= 11 is 0. The number of carbonyl (C=O) groups excluding carboxylic acids is 2. The monoisotopic (exact) mass is 382 g/mol. The molecule has 0 aliphatic heterocycles. The first-order chi connectivity index (χ1) is 13.7. The molecule has 146 valence electrons. The maximum absolute atomic E-state index is 12.1. The average Bonchev–Trinajstić information content (AvgIpc) is 2.73. The topological polar surface area (TPSA) is 71.1 Å². The molecule has 0 saturated heterocycles. The van der Waals surface area contributed by atoms with Gasteiger partial charge in [0.15, 0.2) is 0 Å². The van der Waals surface area contributed by atoms with Crippen LogP contribution in [0.2, 0.25) is 0 Å². The van der Waals surface area contributed by atoms with Crippen LogP contribution in [-0.2, 0) is 22.3 Å². The molecule has 2 aromatic carbocycles. The largest absolute Gasteiger partial charge is 0.514 e. The summed E-state index contributed by atoms with van der Waals surface area (Å²) in [7, 11) is 0. The van der Waals surface area contributed by atoms with E-state index in [1.54, 1.807) is 0 Å². The lowest BCUT2D eigenvalue weighted by molar-refractivity contribution is 0.107. The SMILES string of the molecule is C=CCOC(=O)Oc1c2c(c(OC(=O)OCC=C)c3ccccc13)CCCC2. The molecular formula is C22H22O6. The summed E-state index contributed by atoms with van der Waals surface area (Å²) in [5.74, 6) is 0.900. The molecule has 0 radical (unpaired) electrons. The van der Waals surface area contributed by atoms with E-state index in [0.29, 0.717) is 35.1 Å². The lowest BCUT2D eigenvalue weighted by Gasteiger charge is -2.24. The maximum Gasteiger partial charge on any atom is 0.514 e. The van der Waals surface area contributed by atoms with E-state index in [-0.39, 0.29) is 13.2 Å². The maximum atomic E-state index is 12.1. The minimum absolute atomic E-state index is 0.0648. The van der Waals surface area contributed by atoms with Gasteiger partial charge in [-0.15, -0.1) is 0 Å². The van der Waals surface area contributed by atoms with Crippen LogP contribution in [0, 0.1) is 0 Å². The highest BCUT2D eigenvalue weighted by Crippen LogP contribution is 2.44. The van der Waals surface area contributed by atoms with E-state index < -0.39 is 12.3 Å². The predicted molar refractivity (Wildman–Crippen MR) is 105 cm³/mol. The molecular weight excluding hydrogens is 360 g/mol. The second kappa shape index (κ2) is 9.08. The molecule has 0 N–H and O–H groups in total. The molecule has 0 unspecified atom stereocenters. The van der Waals surface area contributed by atoms with Crippen molar-refractivity contribution >= 4 is 23.1 Å². The number of ether oxygens (including phenoxy) is 4. The fraction of sp³-hybridized carbons (Fsp3) is 0.273. The van der Waals surface area contributed by atoms with Crippen LogP contribution in [-0.4, -0.2) is 25.5 Å². The van der Waals surface area contributed by atoms with Crippen molar-refractivity contribution in [3.05, 3.63) is 60.7 Å². The lowest BCUT2D eigenvalue weighted by Crippen LogP contribution is -2.17. The number of benzene rings is 2. The Hall–Kier alpha value is -3.28. The van der Waals surface area contributed by atoms with Gasteiger partial charge in [-0.1, -0.05) is 49.6 Å². The van der Waals surface area contributed by atoms with Gasteiger partial charge >= 0.3 is 12.3 Å². The van der Waals surface area contributed by atoms with Crippen LogP contribution >= 0.6 is 0 Å². The van der Waals surface area contributed by atoms with Gasteiger partial charge in [0, 0.05) is 21.9 Å². The number of hydrogen-bond acceptors (Lipinski definition) is 6. The zero-order valence-electron chi connectivity index (χ0n) is 15.6. The summed E-state index contributed by atoms with van der Waals surface area (Å²) in [5, 5.41) is 1.34. The zero-order valence-corrected chi connectivity index (χ0v) is 15.6. The van der Waals surface area contributed by atoms with Gasteiger partial charge in [-0.3, -0.25) is 0 Å². The van der Waals surface area contributed by atoms with Crippen molar-refractivity contribution in [1.29, 1.82) is 0 Å². The highest BCUT2D eigenvalue weighted by molar-refractivity contribution is 5.98. The molecule has 1 aliphatic carbocycles. The fourth-order valence-corrected chi connectivity index (χ4v) is 3.32. The highest BCUT2D eigenvalue weighted by atomic mass is 16.7. The molecule has 6 heteroatoms. The van der Waals surface area contributed by atoms with E-state index in [4.69, 9.17) is 18.9 Å². The van der Waals surface area contributed by atoms with Gasteiger partial charge in [0.2, 0.25) is 0 Å². The Morgan fingerprint density at radius 2 is 1.25 bits per heavy atom. The Balaban J connectivity index is 2.08. The van der Waals surface area contributed by atoms with Crippen molar-refractivity contribution in [3.8, 4) is 11.5 Å². The van der Waals surface area contributed by atoms with E-state index >= 15 is 0 Å². The fourth-order valence-electron chi connectivity index (χ4n) is 3.32. The number of fused-ring (bicyclic) bond motifs is 2. The van der Waals surface area contributed by atoms with Gasteiger partial charge in [-0.05, 0) is 25.7 Å². The molecule has 0 saturated carbocycles. The quantitative estimate of drug-likeness (QED) is 0.392. The van der Waals surface area contributed by atoms with Crippen molar-refractivity contribution in [2.75, 3.05) is 13.2 Å². The van der Waals surface area contributed by atoms with Crippen LogP contribution in [0.5, 0.6) is 11.5 Å². The van der Waals surface area contributed by atoms with Gasteiger partial charge in [0.1, 0.15) is 24.7 Å². The third-order valence-electron chi connectivity index (χ3n) is 4.44. The predicted octanol–water partition coefficient (Wildman–Crippen LogP) is 5.12. The Labute approximate surface area is 163 Å². The molecule has 3 rings (SSSR count). The van der Waals surface area contributed by atoms with Crippen LogP contribution in [0.25, 0.3) is 10.8 Å². The summed E-state index contributed by atoms with van der Waals surface area (Å²) in [6, 6.07) is 7.31. The van der Waals surface area contributed by atoms with Gasteiger partial charge in [0.05, 0.1) is 0 Å². The highest BCUT2D eigenvalue weighted by Gasteiger charge is 2.26. The Bertz CT molecular complexity index is 840. The van der Waals surface area contributed by atoms with E-state index in [9.17, 15) is 9.59 Å². The summed E-state index contributed by atoms with van der Waals surface area (Å²) in [6.07, 6.45) is 4.67. The van der Waals surface area contributed by atoms with Crippen molar-refractivity contribution in [1.82, 2.24) is 0 Å². The van der Waals surface area contributed by atoms with E-state index in [1.165, 1.54) is 12.2 Å². The Kier molecular flexibility index (Phi) is 6.32. The summed E-state index contributed by atoms with van der Waals surface area (Å²) in [4.78, 5) is 24.1. The van der Waals surface area contributed by atoms with Crippen LogP contribution in [0.4, 0.5) is 9.59 Å². The summed E-state index contributed by atoms with van der Waals surface area (Å²) in [6.45, 7) is 7.17. The van der Waals surface area contributed by atoms with E-state index in [1.807, 2.05) is 24.3 Å². The van der Waals surface area contributed by atoms with Gasteiger partial charge in [-0.2, -0.15) is 0 Å². The zero-order chi connectivity index (χ0) is 19.9. The van der Waals surface area contributed by atoms with E-state index in [0.717, 1.165) is 24.0 Å². The number of rotatable bonds is 6. The third-order valence-corrected chi connectivity index (χ3v) is 4.44. The molecule has 0 bridgehead atoms. The first-order valence-electron chi connectivity index (χ1n) is 9.13. The van der Waals surface area contributed by atoms with Crippen molar-refractivity contribution < 1.29 is 28.5 Å². The van der Waals surface area contributed by atoms with E-state index in [2.05, 4.69) is 13.2 Å².